The third-order valence-corrected chi connectivity index (χ3v) is 6.21. The number of piperidine rings is 1. The van der Waals surface area contributed by atoms with E-state index in [4.69, 9.17) is 0 Å². The van der Waals surface area contributed by atoms with Crippen molar-refractivity contribution in [1.82, 2.24) is 15.2 Å². The molecule has 1 saturated heterocycles. The lowest BCUT2D eigenvalue weighted by Gasteiger charge is -2.34. The van der Waals surface area contributed by atoms with E-state index in [0.29, 0.717) is 12.1 Å². The van der Waals surface area contributed by atoms with Crippen molar-refractivity contribution in [2.24, 2.45) is 11.8 Å². The number of nitrogens with one attached hydrogen (secondary N) is 1. The van der Waals surface area contributed by atoms with E-state index in [1.165, 1.54) is 68.0 Å². The van der Waals surface area contributed by atoms with Crippen LogP contribution in [0.1, 0.15) is 54.5 Å². The van der Waals surface area contributed by atoms with Crippen molar-refractivity contribution in [3.63, 3.8) is 0 Å². The van der Waals surface area contributed by atoms with Crippen molar-refractivity contribution < 1.29 is 0 Å². The Kier molecular flexibility index (Phi) is 4.03. The zero-order chi connectivity index (χ0) is 14.2. The molecule has 2 saturated carbocycles. The van der Waals surface area contributed by atoms with Gasteiger partial charge in [-0.3, -0.25) is 0 Å². The topological polar surface area (TPSA) is 28.2 Å². The van der Waals surface area contributed by atoms with Gasteiger partial charge in [-0.1, -0.05) is 0 Å². The molecule has 3 nitrogen and oxygen atoms in total. The molecule has 2 aliphatic carbocycles. The molecule has 1 aromatic rings. The van der Waals surface area contributed by atoms with Crippen LogP contribution in [0.4, 0.5) is 0 Å². The summed E-state index contributed by atoms with van der Waals surface area (Å²) in [6, 6.07) is 1.24. The molecule has 1 aromatic heterocycles. The Balaban J connectivity index is 1.31. The average molecular weight is 305 g/mol. The molecule has 0 aromatic carbocycles. The fourth-order valence-corrected chi connectivity index (χ4v) is 4.48. The summed E-state index contributed by atoms with van der Waals surface area (Å²) < 4.78 is 0. The van der Waals surface area contributed by atoms with E-state index in [-0.39, 0.29) is 0 Å². The number of rotatable bonds is 6. The van der Waals surface area contributed by atoms with Crippen LogP contribution < -0.4 is 5.32 Å². The molecule has 0 bridgehead atoms. The third kappa shape index (κ3) is 3.66. The largest absolute Gasteiger partial charge is 0.305 e. The first-order valence-corrected chi connectivity index (χ1v) is 9.50. The highest BCUT2D eigenvalue weighted by Gasteiger charge is 2.36. The SMILES string of the molecule is Cc1cnc([C@@H](NC2CCN(CC3CC3)CC2)C2CC2)s1. The lowest BCUT2D eigenvalue weighted by Crippen LogP contribution is -2.44. The molecule has 4 rings (SSSR count). The fourth-order valence-electron chi connectivity index (χ4n) is 3.56. The van der Waals surface area contributed by atoms with Gasteiger partial charge in [0.05, 0.1) is 6.04 Å². The first-order valence-electron chi connectivity index (χ1n) is 8.68. The van der Waals surface area contributed by atoms with Gasteiger partial charge < -0.3 is 10.2 Å². The van der Waals surface area contributed by atoms with Gasteiger partial charge in [0.25, 0.3) is 0 Å². The average Bonchev–Trinajstić information content (AvgIpc) is 3.39. The Morgan fingerprint density at radius 1 is 1.24 bits per heavy atom. The summed E-state index contributed by atoms with van der Waals surface area (Å²) in [5, 5.41) is 5.29. The lowest BCUT2D eigenvalue weighted by atomic mass is 10.0. The molecule has 1 N–H and O–H groups in total. The summed E-state index contributed by atoms with van der Waals surface area (Å²) >= 11 is 1.89. The Hall–Kier alpha value is -0.450. The first-order chi connectivity index (χ1) is 10.3. The Morgan fingerprint density at radius 3 is 2.57 bits per heavy atom. The van der Waals surface area contributed by atoms with E-state index in [1.807, 2.05) is 17.5 Å². The zero-order valence-electron chi connectivity index (χ0n) is 13.1. The summed E-state index contributed by atoms with van der Waals surface area (Å²) in [5.74, 6) is 1.88. The number of nitrogens with zero attached hydrogens (tertiary/aromatic N) is 2. The number of hydrogen-bond acceptors (Lipinski definition) is 4. The van der Waals surface area contributed by atoms with Crippen LogP contribution in [0, 0.1) is 18.8 Å². The molecule has 0 spiro atoms. The molecule has 0 radical (unpaired) electrons. The highest BCUT2D eigenvalue weighted by Crippen LogP contribution is 2.42. The molecule has 1 atom stereocenters. The number of aryl methyl sites for hydroxylation is 1. The molecule has 1 aliphatic heterocycles. The Labute approximate surface area is 132 Å². The van der Waals surface area contributed by atoms with E-state index in [0.717, 1.165) is 11.8 Å². The van der Waals surface area contributed by atoms with E-state index in [9.17, 15) is 0 Å². The van der Waals surface area contributed by atoms with Gasteiger partial charge in [0, 0.05) is 23.7 Å². The van der Waals surface area contributed by atoms with Crippen molar-refractivity contribution in [2.75, 3.05) is 19.6 Å². The second-order valence-corrected chi connectivity index (χ2v) is 8.58. The van der Waals surface area contributed by atoms with Crippen LogP contribution in [-0.4, -0.2) is 35.6 Å². The summed E-state index contributed by atoms with van der Waals surface area (Å²) in [6.45, 7) is 6.12. The maximum absolute atomic E-state index is 4.65. The smallest absolute Gasteiger partial charge is 0.110 e. The molecule has 116 valence electrons. The van der Waals surface area contributed by atoms with Gasteiger partial charge in [0.15, 0.2) is 0 Å². The van der Waals surface area contributed by atoms with E-state index < -0.39 is 0 Å². The molecule has 4 heteroatoms. The van der Waals surface area contributed by atoms with Gasteiger partial charge in [0.1, 0.15) is 5.01 Å². The minimum Gasteiger partial charge on any atom is -0.305 e. The summed E-state index contributed by atoms with van der Waals surface area (Å²) in [6.07, 6.45) is 10.4. The molecule has 0 amide bonds. The van der Waals surface area contributed by atoms with Crippen LogP contribution in [0.3, 0.4) is 0 Å². The van der Waals surface area contributed by atoms with Crippen molar-refractivity contribution in [3.05, 3.63) is 16.1 Å². The van der Waals surface area contributed by atoms with Gasteiger partial charge >= 0.3 is 0 Å². The molecule has 0 unspecified atom stereocenters. The standard InChI is InChI=1S/C17H27N3S/c1-12-10-18-17(21-12)16(14-4-5-14)19-15-6-8-20(9-7-15)11-13-2-3-13/h10,13-16,19H,2-9,11H2,1H3/t16-/m0/s1. The number of hydrogen-bond donors (Lipinski definition) is 1. The third-order valence-electron chi connectivity index (χ3n) is 5.21. The van der Waals surface area contributed by atoms with E-state index in [1.54, 1.807) is 0 Å². The highest BCUT2D eigenvalue weighted by atomic mass is 32.1. The van der Waals surface area contributed by atoms with Gasteiger partial charge in [-0.15, -0.1) is 11.3 Å². The van der Waals surface area contributed by atoms with Crippen molar-refractivity contribution in [2.45, 2.75) is 57.5 Å². The quantitative estimate of drug-likeness (QED) is 0.873. The van der Waals surface area contributed by atoms with Crippen LogP contribution in [0.5, 0.6) is 0 Å². The number of likely N-dealkylation sites (tertiary alicyclic amines) is 1. The normalized spacial score (nSPS) is 26.1. The second kappa shape index (κ2) is 5.98. The van der Waals surface area contributed by atoms with Gasteiger partial charge in [-0.05, 0) is 70.4 Å². The minimum absolute atomic E-state index is 0.531. The molecule has 3 aliphatic rings. The second-order valence-electron chi connectivity index (χ2n) is 7.31. The zero-order valence-corrected chi connectivity index (χ0v) is 13.9. The van der Waals surface area contributed by atoms with Crippen LogP contribution >= 0.6 is 11.3 Å². The summed E-state index contributed by atoms with van der Waals surface area (Å²) in [5.41, 5.74) is 0. The predicted octanol–water partition coefficient (Wildman–Crippen LogP) is 3.37. The number of thiazole rings is 1. The van der Waals surface area contributed by atoms with E-state index >= 15 is 0 Å². The molecule has 21 heavy (non-hydrogen) atoms. The molecule has 3 fully saturated rings. The Bertz CT molecular complexity index is 470. The summed E-state index contributed by atoms with van der Waals surface area (Å²) in [4.78, 5) is 8.69. The Morgan fingerprint density at radius 2 is 2.00 bits per heavy atom. The molecule has 2 heterocycles. The number of aromatic nitrogens is 1. The summed E-state index contributed by atoms with van der Waals surface area (Å²) in [7, 11) is 0. The predicted molar refractivity (Wildman–Crippen MR) is 87.6 cm³/mol. The first kappa shape index (κ1) is 14.2. The molecular weight excluding hydrogens is 278 g/mol. The minimum atomic E-state index is 0.531. The van der Waals surface area contributed by atoms with Crippen LogP contribution in [0.15, 0.2) is 6.20 Å². The maximum atomic E-state index is 4.65. The van der Waals surface area contributed by atoms with Gasteiger partial charge in [-0.25, -0.2) is 4.98 Å². The molecular formula is C17H27N3S. The van der Waals surface area contributed by atoms with E-state index in [2.05, 4.69) is 22.1 Å². The highest BCUT2D eigenvalue weighted by molar-refractivity contribution is 7.11. The van der Waals surface area contributed by atoms with Crippen molar-refractivity contribution >= 4 is 11.3 Å². The monoisotopic (exact) mass is 305 g/mol. The van der Waals surface area contributed by atoms with Gasteiger partial charge in [0.2, 0.25) is 0 Å². The van der Waals surface area contributed by atoms with Gasteiger partial charge in [-0.2, -0.15) is 0 Å². The maximum Gasteiger partial charge on any atom is 0.110 e. The van der Waals surface area contributed by atoms with Crippen LogP contribution in [-0.2, 0) is 0 Å². The van der Waals surface area contributed by atoms with Crippen molar-refractivity contribution in [1.29, 1.82) is 0 Å². The fraction of sp³-hybridized carbons (Fsp3) is 0.824. The van der Waals surface area contributed by atoms with Crippen LogP contribution in [0.25, 0.3) is 0 Å². The van der Waals surface area contributed by atoms with Crippen LogP contribution in [0.2, 0.25) is 0 Å². The lowest BCUT2D eigenvalue weighted by molar-refractivity contribution is 0.182. The van der Waals surface area contributed by atoms with Crippen molar-refractivity contribution in [3.8, 4) is 0 Å².